The summed E-state index contributed by atoms with van der Waals surface area (Å²) in [5.41, 5.74) is 0.858. The number of hydrogen-bond donors (Lipinski definition) is 2. The molecule has 2 N–H and O–H groups in total. The molecule has 1 saturated heterocycles. The summed E-state index contributed by atoms with van der Waals surface area (Å²) in [6, 6.07) is 4.02. The van der Waals surface area contributed by atoms with Crippen molar-refractivity contribution in [2.24, 2.45) is 0 Å². The molecule has 7 nitrogen and oxygen atoms in total. The van der Waals surface area contributed by atoms with Crippen molar-refractivity contribution in [3.05, 3.63) is 35.1 Å². The number of amides is 2. The Morgan fingerprint density at radius 3 is 2.68 bits per heavy atom. The molecule has 0 saturated carbocycles. The molecule has 1 aromatic carbocycles. The Labute approximate surface area is 164 Å². The van der Waals surface area contributed by atoms with E-state index in [-0.39, 0.29) is 19.0 Å². The lowest BCUT2D eigenvalue weighted by molar-refractivity contribution is -0.0126. The van der Waals surface area contributed by atoms with Gasteiger partial charge in [0.1, 0.15) is 17.5 Å². The van der Waals surface area contributed by atoms with Crippen LogP contribution in [-0.2, 0) is 9.47 Å². The van der Waals surface area contributed by atoms with Crippen LogP contribution in [0.4, 0.5) is 14.0 Å². The minimum Gasteiger partial charge on any atom is -0.446 e. The summed E-state index contributed by atoms with van der Waals surface area (Å²) in [6.45, 7) is 7.44. The van der Waals surface area contributed by atoms with Gasteiger partial charge in [0, 0.05) is 25.9 Å². The Morgan fingerprint density at radius 2 is 2.07 bits per heavy atom. The first-order valence-electron chi connectivity index (χ1n) is 9.41. The van der Waals surface area contributed by atoms with Crippen molar-refractivity contribution in [1.82, 2.24) is 10.2 Å². The van der Waals surface area contributed by atoms with Crippen LogP contribution in [0.15, 0.2) is 18.2 Å². The number of rotatable bonds is 4. The van der Waals surface area contributed by atoms with Crippen LogP contribution in [-0.4, -0.2) is 53.6 Å². The van der Waals surface area contributed by atoms with Crippen molar-refractivity contribution < 1.29 is 28.6 Å². The minimum atomic E-state index is -0.642. The number of halogens is 1. The highest BCUT2D eigenvalue weighted by Crippen LogP contribution is 2.35. The molecule has 2 atom stereocenters. The van der Waals surface area contributed by atoms with Crippen LogP contribution in [0.5, 0.6) is 0 Å². The van der Waals surface area contributed by atoms with Gasteiger partial charge in [0.15, 0.2) is 0 Å². The summed E-state index contributed by atoms with van der Waals surface area (Å²) in [5.74, 6) is -0.350. The fourth-order valence-corrected chi connectivity index (χ4v) is 3.24. The second-order valence-corrected chi connectivity index (χ2v) is 7.89. The molecule has 1 aliphatic heterocycles. The Kier molecular flexibility index (Phi) is 7.23. The summed E-state index contributed by atoms with van der Waals surface area (Å²) in [7, 11) is 0. The number of aliphatic hydroxyl groups is 1. The number of carbonyl (C=O) groups is 2. The molecule has 0 aromatic heterocycles. The summed E-state index contributed by atoms with van der Waals surface area (Å²) < 4.78 is 24.5. The van der Waals surface area contributed by atoms with Gasteiger partial charge in [-0.05, 0) is 51.0 Å². The summed E-state index contributed by atoms with van der Waals surface area (Å²) in [6.07, 6.45) is -0.642. The second-order valence-electron chi connectivity index (χ2n) is 7.89. The smallest absolute Gasteiger partial charge is 0.410 e. The Balaban J connectivity index is 2.22. The van der Waals surface area contributed by atoms with E-state index in [1.165, 1.54) is 12.1 Å². The van der Waals surface area contributed by atoms with Crippen LogP contribution in [0.3, 0.4) is 0 Å². The highest BCUT2D eigenvalue weighted by molar-refractivity contribution is 5.69. The van der Waals surface area contributed by atoms with Crippen molar-refractivity contribution in [1.29, 1.82) is 0 Å². The van der Waals surface area contributed by atoms with Crippen molar-refractivity contribution in [2.45, 2.75) is 58.3 Å². The number of ether oxygens (including phenoxy) is 2. The third-order valence-corrected chi connectivity index (χ3v) is 4.43. The highest BCUT2D eigenvalue weighted by atomic mass is 19.1. The van der Waals surface area contributed by atoms with Crippen molar-refractivity contribution in [2.75, 3.05) is 19.7 Å². The zero-order valence-electron chi connectivity index (χ0n) is 16.8. The van der Waals surface area contributed by atoms with E-state index in [1.54, 1.807) is 38.7 Å². The van der Waals surface area contributed by atoms with E-state index in [0.717, 1.165) is 5.56 Å². The minimum absolute atomic E-state index is 0.107. The Morgan fingerprint density at radius 1 is 1.36 bits per heavy atom. The summed E-state index contributed by atoms with van der Waals surface area (Å²) >= 11 is 0. The van der Waals surface area contributed by atoms with E-state index < -0.39 is 29.9 Å². The fourth-order valence-electron chi connectivity index (χ4n) is 3.24. The molecule has 1 fully saturated rings. The molecule has 0 aliphatic carbocycles. The van der Waals surface area contributed by atoms with E-state index in [0.29, 0.717) is 24.9 Å². The van der Waals surface area contributed by atoms with E-state index >= 15 is 0 Å². The van der Waals surface area contributed by atoms with E-state index in [2.05, 4.69) is 5.32 Å². The molecule has 28 heavy (non-hydrogen) atoms. The molecule has 0 radical (unpaired) electrons. The Bertz CT molecular complexity index is 704. The quantitative estimate of drug-likeness (QED) is 0.815. The van der Waals surface area contributed by atoms with Gasteiger partial charge in [-0.15, -0.1) is 0 Å². The van der Waals surface area contributed by atoms with E-state index in [4.69, 9.17) is 14.6 Å². The molecule has 2 amide bonds. The van der Waals surface area contributed by atoms with Crippen LogP contribution in [0.1, 0.15) is 50.8 Å². The lowest BCUT2D eigenvalue weighted by Gasteiger charge is -2.40. The molecule has 0 bridgehead atoms. The SMILES string of the molecule is Cc1cc(F)ccc1[C@H]1C[C@@H](OC(=O)NCCO)CCN1C(=O)OC(C)(C)C. The first kappa shape index (κ1) is 21.9. The number of aliphatic hydroxyl groups excluding tert-OH is 1. The summed E-state index contributed by atoms with van der Waals surface area (Å²) in [4.78, 5) is 26.2. The van der Waals surface area contributed by atoms with Gasteiger partial charge in [-0.2, -0.15) is 0 Å². The van der Waals surface area contributed by atoms with Gasteiger partial charge >= 0.3 is 12.2 Å². The predicted molar refractivity (Wildman–Crippen MR) is 101 cm³/mol. The van der Waals surface area contributed by atoms with Gasteiger partial charge in [-0.1, -0.05) is 6.07 Å². The van der Waals surface area contributed by atoms with Gasteiger partial charge in [0.2, 0.25) is 0 Å². The lowest BCUT2D eigenvalue weighted by Crippen LogP contribution is -2.46. The number of alkyl carbamates (subject to hydrolysis) is 1. The van der Waals surface area contributed by atoms with Crippen LogP contribution in [0.2, 0.25) is 0 Å². The molecule has 8 heteroatoms. The highest BCUT2D eigenvalue weighted by Gasteiger charge is 2.37. The first-order chi connectivity index (χ1) is 13.1. The zero-order valence-corrected chi connectivity index (χ0v) is 16.8. The van der Waals surface area contributed by atoms with Gasteiger partial charge in [-0.3, -0.25) is 0 Å². The van der Waals surface area contributed by atoms with Crippen LogP contribution in [0.25, 0.3) is 0 Å². The number of likely N-dealkylation sites (tertiary alicyclic amines) is 1. The van der Waals surface area contributed by atoms with Crippen molar-refractivity contribution in [3.8, 4) is 0 Å². The molecule has 0 unspecified atom stereocenters. The molecular formula is C20H29FN2O5. The first-order valence-corrected chi connectivity index (χ1v) is 9.41. The van der Waals surface area contributed by atoms with Gasteiger partial charge in [0.25, 0.3) is 0 Å². The predicted octanol–water partition coefficient (Wildman–Crippen LogP) is 3.29. The number of piperidine rings is 1. The molecule has 2 rings (SSSR count). The van der Waals surface area contributed by atoms with Crippen LogP contribution in [0, 0.1) is 12.7 Å². The number of carbonyl (C=O) groups excluding carboxylic acids is 2. The van der Waals surface area contributed by atoms with Crippen LogP contribution >= 0.6 is 0 Å². The van der Waals surface area contributed by atoms with E-state index in [1.807, 2.05) is 0 Å². The number of aryl methyl sites for hydroxylation is 1. The summed E-state index contributed by atoms with van der Waals surface area (Å²) in [5, 5.41) is 11.2. The third kappa shape index (κ3) is 6.09. The Hall–Kier alpha value is -2.35. The third-order valence-electron chi connectivity index (χ3n) is 4.43. The van der Waals surface area contributed by atoms with Gasteiger partial charge in [-0.25, -0.2) is 14.0 Å². The van der Waals surface area contributed by atoms with Crippen LogP contribution < -0.4 is 5.32 Å². The molecule has 156 valence electrons. The normalized spacial score (nSPS) is 19.9. The number of nitrogens with zero attached hydrogens (tertiary/aromatic N) is 1. The second kappa shape index (κ2) is 9.23. The van der Waals surface area contributed by atoms with Gasteiger partial charge in [0.05, 0.1) is 12.6 Å². The van der Waals surface area contributed by atoms with Crippen molar-refractivity contribution >= 4 is 12.2 Å². The number of hydrogen-bond acceptors (Lipinski definition) is 5. The maximum atomic E-state index is 13.6. The van der Waals surface area contributed by atoms with Crippen molar-refractivity contribution in [3.63, 3.8) is 0 Å². The number of benzene rings is 1. The monoisotopic (exact) mass is 396 g/mol. The number of nitrogens with one attached hydrogen (secondary N) is 1. The standard InChI is InChI=1S/C20H29FN2O5/c1-13-11-14(21)5-6-16(13)17-12-15(27-18(25)22-8-10-24)7-9-23(17)19(26)28-20(2,3)4/h5-6,11,15,17,24H,7-10,12H2,1-4H3,(H,22,25)/t15-,17+/m0/s1. The zero-order chi connectivity index (χ0) is 20.9. The van der Waals surface area contributed by atoms with Gasteiger partial charge < -0.3 is 24.8 Å². The topological polar surface area (TPSA) is 88.1 Å². The molecule has 0 spiro atoms. The molecule has 1 aromatic rings. The average molecular weight is 396 g/mol. The maximum Gasteiger partial charge on any atom is 0.410 e. The largest absolute Gasteiger partial charge is 0.446 e. The molecule has 1 aliphatic rings. The lowest BCUT2D eigenvalue weighted by atomic mass is 9.91. The molecule has 1 heterocycles. The average Bonchev–Trinajstić information content (AvgIpc) is 2.58. The van der Waals surface area contributed by atoms with E-state index in [9.17, 15) is 14.0 Å². The molecular weight excluding hydrogens is 367 g/mol. The maximum absolute atomic E-state index is 13.6. The fraction of sp³-hybridized carbons (Fsp3) is 0.600.